The second-order valence-corrected chi connectivity index (χ2v) is 7.42. The molecule has 1 aromatic carbocycles. The molecule has 3 aromatic rings. The number of halogens is 3. The minimum atomic E-state index is -1.23. The van der Waals surface area contributed by atoms with Gasteiger partial charge >= 0.3 is 0 Å². The Morgan fingerprint density at radius 1 is 1.21 bits per heavy atom. The van der Waals surface area contributed by atoms with Crippen molar-refractivity contribution >= 4 is 44.9 Å². The maximum Gasteiger partial charge on any atom is 0.289 e. The van der Waals surface area contributed by atoms with Crippen LogP contribution in [0.2, 0.25) is 0 Å². The fourth-order valence-corrected chi connectivity index (χ4v) is 3.28. The third-order valence-electron chi connectivity index (χ3n) is 4.28. The minimum Gasteiger partial charge on any atom is -0.394 e. The topological polar surface area (TPSA) is 96.5 Å². The lowest BCUT2D eigenvalue weighted by Crippen LogP contribution is -2.31. The number of aromatic nitrogens is 2. The lowest BCUT2D eigenvalue weighted by molar-refractivity contribution is 0.0805. The predicted octanol–water partition coefficient (Wildman–Crippen LogP) is 1.68. The van der Waals surface area contributed by atoms with Gasteiger partial charge in [0.15, 0.2) is 0 Å². The lowest BCUT2D eigenvalue weighted by atomic mass is 10.2. The molecule has 2 heterocycles. The molecule has 0 aliphatic rings. The number of anilines is 2. The maximum atomic E-state index is 14.8. The molecule has 0 saturated heterocycles. The number of aliphatic hydroxyl groups is 2. The van der Waals surface area contributed by atoms with Crippen molar-refractivity contribution in [1.82, 2.24) is 9.13 Å². The van der Waals surface area contributed by atoms with Gasteiger partial charge in [0.2, 0.25) is 5.82 Å². The molecule has 0 spiro atoms. The summed E-state index contributed by atoms with van der Waals surface area (Å²) in [5.74, 6) is -1.91. The van der Waals surface area contributed by atoms with Crippen LogP contribution in [0.15, 0.2) is 40.1 Å². The second-order valence-electron chi connectivity index (χ2n) is 6.17. The van der Waals surface area contributed by atoms with Gasteiger partial charge in [0.25, 0.3) is 11.1 Å². The number of nitrogens with zero attached hydrogens (tertiary/aromatic N) is 2. The molecule has 0 bridgehead atoms. The summed E-state index contributed by atoms with van der Waals surface area (Å²) in [6.45, 7) is -0.794. The van der Waals surface area contributed by atoms with Crippen molar-refractivity contribution in [3.05, 3.63) is 66.4 Å². The number of pyridine rings is 2. The molecule has 28 heavy (non-hydrogen) atoms. The van der Waals surface area contributed by atoms with Gasteiger partial charge in [-0.2, -0.15) is 4.39 Å². The number of hydrogen-bond acceptors (Lipinski definition) is 5. The average Bonchev–Trinajstić information content (AvgIpc) is 2.66. The van der Waals surface area contributed by atoms with E-state index in [0.717, 1.165) is 9.13 Å². The van der Waals surface area contributed by atoms with Crippen molar-refractivity contribution in [3.63, 3.8) is 0 Å². The molecule has 3 rings (SSSR count). The van der Waals surface area contributed by atoms with Crippen LogP contribution < -0.4 is 16.4 Å². The van der Waals surface area contributed by atoms with E-state index < -0.39 is 41.2 Å². The summed E-state index contributed by atoms with van der Waals surface area (Å²) >= 11 is 1.92. The molecule has 0 fully saturated rings. The van der Waals surface area contributed by atoms with Crippen LogP contribution in [0, 0.1) is 15.2 Å². The van der Waals surface area contributed by atoms with Crippen LogP contribution in [0.4, 0.5) is 20.2 Å². The van der Waals surface area contributed by atoms with Gasteiger partial charge in [-0.25, -0.2) is 4.39 Å². The van der Waals surface area contributed by atoms with E-state index in [1.54, 1.807) is 6.07 Å². The van der Waals surface area contributed by atoms with Crippen LogP contribution >= 0.6 is 22.6 Å². The van der Waals surface area contributed by atoms with E-state index in [1.165, 1.54) is 31.4 Å². The minimum absolute atomic E-state index is 0.0981. The molecule has 1 atom stereocenters. The Bertz CT molecular complexity index is 1180. The summed E-state index contributed by atoms with van der Waals surface area (Å²) < 4.78 is 31.7. The summed E-state index contributed by atoms with van der Waals surface area (Å²) in [5.41, 5.74) is -2.09. The highest BCUT2D eigenvalue weighted by Crippen LogP contribution is 2.27. The van der Waals surface area contributed by atoms with E-state index in [9.17, 15) is 23.5 Å². The summed E-state index contributed by atoms with van der Waals surface area (Å²) in [5, 5.41) is 21.0. The zero-order valence-electron chi connectivity index (χ0n) is 14.6. The SMILES string of the molecule is Cn1c(=O)c(F)c(Nc2ccc(I)cc2F)c2c(=O)n(C[C@@H](O)CO)ccc21. The quantitative estimate of drug-likeness (QED) is 0.461. The van der Waals surface area contributed by atoms with E-state index in [0.29, 0.717) is 3.57 Å². The summed E-state index contributed by atoms with van der Waals surface area (Å²) in [7, 11) is 1.31. The monoisotopic (exact) mass is 503 g/mol. The number of aryl methyl sites for hydroxylation is 1. The van der Waals surface area contributed by atoms with Crippen LogP contribution in [0.5, 0.6) is 0 Å². The molecular formula is C18H16F2IN3O4. The molecule has 0 amide bonds. The van der Waals surface area contributed by atoms with E-state index in [1.807, 2.05) is 22.6 Å². The highest BCUT2D eigenvalue weighted by Gasteiger charge is 2.20. The number of hydrogen-bond donors (Lipinski definition) is 3. The van der Waals surface area contributed by atoms with Gasteiger partial charge in [-0.1, -0.05) is 0 Å². The fourth-order valence-electron chi connectivity index (χ4n) is 2.82. The van der Waals surface area contributed by atoms with Gasteiger partial charge in [0, 0.05) is 16.8 Å². The maximum absolute atomic E-state index is 14.8. The van der Waals surface area contributed by atoms with E-state index in [2.05, 4.69) is 5.32 Å². The third kappa shape index (κ3) is 3.66. The Morgan fingerprint density at radius 3 is 2.57 bits per heavy atom. The molecule has 0 aliphatic heterocycles. The van der Waals surface area contributed by atoms with Crippen LogP contribution in [0.3, 0.4) is 0 Å². The van der Waals surface area contributed by atoms with Crippen molar-refractivity contribution in [3.8, 4) is 0 Å². The molecule has 7 nitrogen and oxygen atoms in total. The second kappa shape index (κ2) is 7.97. The van der Waals surface area contributed by atoms with Crippen molar-refractivity contribution < 1.29 is 19.0 Å². The van der Waals surface area contributed by atoms with Crippen LogP contribution in [0.25, 0.3) is 10.9 Å². The number of fused-ring (bicyclic) bond motifs is 1. The van der Waals surface area contributed by atoms with Crippen molar-refractivity contribution in [1.29, 1.82) is 0 Å². The van der Waals surface area contributed by atoms with Gasteiger partial charge in [-0.05, 0) is 46.9 Å². The van der Waals surface area contributed by atoms with Gasteiger partial charge in [-0.3, -0.25) is 9.59 Å². The first-order valence-corrected chi connectivity index (χ1v) is 9.25. The van der Waals surface area contributed by atoms with Crippen molar-refractivity contribution in [2.24, 2.45) is 7.05 Å². The molecule has 0 saturated carbocycles. The van der Waals surface area contributed by atoms with Crippen LogP contribution in [-0.2, 0) is 13.6 Å². The first-order valence-electron chi connectivity index (χ1n) is 8.17. The van der Waals surface area contributed by atoms with Gasteiger partial charge in [0.1, 0.15) is 5.82 Å². The normalized spacial score (nSPS) is 12.4. The molecule has 2 aromatic heterocycles. The Kier molecular flexibility index (Phi) is 5.82. The number of rotatable bonds is 5. The summed E-state index contributed by atoms with van der Waals surface area (Å²) in [6, 6.07) is 5.59. The highest BCUT2D eigenvalue weighted by molar-refractivity contribution is 14.1. The molecular weight excluding hydrogens is 487 g/mol. The standard InChI is InChI=1S/C18H16F2IN3O4/c1-23-13-4-5-24(7-10(26)8-25)17(27)14(13)16(15(20)18(23)28)22-12-3-2-9(21)6-11(12)19/h2-6,10,22,25-26H,7-8H2,1H3/t10-/m1/s1. The Labute approximate surface area is 171 Å². The average molecular weight is 503 g/mol. The van der Waals surface area contributed by atoms with Gasteiger partial charge in [-0.15, -0.1) is 0 Å². The van der Waals surface area contributed by atoms with Gasteiger partial charge in [0.05, 0.1) is 41.5 Å². The molecule has 148 valence electrons. The van der Waals surface area contributed by atoms with Crippen molar-refractivity contribution in [2.45, 2.75) is 12.6 Å². The lowest BCUT2D eigenvalue weighted by Gasteiger charge is -2.16. The van der Waals surface area contributed by atoms with E-state index in [4.69, 9.17) is 5.11 Å². The molecule has 10 heteroatoms. The largest absolute Gasteiger partial charge is 0.394 e. The zero-order valence-corrected chi connectivity index (χ0v) is 16.8. The van der Waals surface area contributed by atoms with E-state index >= 15 is 0 Å². The number of benzene rings is 1. The Morgan fingerprint density at radius 2 is 1.93 bits per heavy atom. The summed E-state index contributed by atoms with van der Waals surface area (Å²) in [6.07, 6.45) is 0.133. The number of nitrogens with one attached hydrogen (secondary N) is 1. The number of aliphatic hydroxyl groups excluding tert-OH is 2. The molecule has 3 N–H and O–H groups in total. The fraction of sp³-hybridized carbons (Fsp3) is 0.222. The Hall–Kier alpha value is -2.31. The van der Waals surface area contributed by atoms with Crippen molar-refractivity contribution in [2.75, 3.05) is 11.9 Å². The molecule has 0 aliphatic carbocycles. The molecule has 0 unspecified atom stereocenters. The van der Waals surface area contributed by atoms with Crippen LogP contribution in [0.1, 0.15) is 0 Å². The van der Waals surface area contributed by atoms with Crippen LogP contribution in [-0.4, -0.2) is 32.1 Å². The first kappa shape index (κ1) is 20.4. The van der Waals surface area contributed by atoms with Gasteiger partial charge < -0.3 is 24.7 Å². The first-order chi connectivity index (χ1) is 13.2. The highest BCUT2D eigenvalue weighted by atomic mass is 127. The Balaban J connectivity index is 2.29. The molecule has 0 radical (unpaired) electrons. The van der Waals surface area contributed by atoms with E-state index in [-0.39, 0.29) is 23.1 Å². The summed E-state index contributed by atoms with van der Waals surface area (Å²) in [4.78, 5) is 25.1. The smallest absolute Gasteiger partial charge is 0.289 e. The zero-order chi connectivity index (χ0) is 20.6. The predicted molar refractivity (Wildman–Crippen MR) is 109 cm³/mol. The third-order valence-corrected chi connectivity index (χ3v) is 4.95.